The molecular weight excluding hydrogens is 370 g/mol. The molecule has 6 nitrogen and oxygen atoms in total. The van der Waals surface area contributed by atoms with Crippen LogP contribution in [0.2, 0.25) is 0 Å². The molecule has 2 heterocycles. The van der Waals surface area contributed by atoms with Crippen molar-refractivity contribution in [2.75, 3.05) is 5.73 Å². The highest BCUT2D eigenvalue weighted by molar-refractivity contribution is 7.98. The van der Waals surface area contributed by atoms with Gasteiger partial charge in [0.1, 0.15) is 11.6 Å². The lowest BCUT2D eigenvalue weighted by Crippen LogP contribution is -2.35. The number of anilines is 1. The number of benzene rings is 1. The zero-order valence-electron chi connectivity index (χ0n) is 16.2. The molecular formula is C21H25N5OS. The number of para-hydroxylation sites is 1. The Hall–Kier alpha value is -2.41. The Morgan fingerprint density at radius 1 is 1.18 bits per heavy atom. The molecule has 7 heteroatoms. The van der Waals surface area contributed by atoms with Gasteiger partial charge in [-0.05, 0) is 36.5 Å². The van der Waals surface area contributed by atoms with E-state index in [1.54, 1.807) is 12.3 Å². The lowest BCUT2D eigenvalue weighted by Gasteiger charge is -2.36. The third-order valence-electron chi connectivity index (χ3n) is 5.83. The van der Waals surface area contributed by atoms with Crippen LogP contribution in [0.5, 0.6) is 0 Å². The second-order valence-electron chi connectivity index (χ2n) is 7.61. The molecule has 0 radical (unpaired) electrons. The lowest BCUT2D eigenvalue weighted by molar-refractivity contribution is 0.173. The van der Waals surface area contributed by atoms with Crippen LogP contribution in [-0.2, 0) is 5.75 Å². The number of fused-ring (bicyclic) bond motifs is 1. The number of aromatic nitrogens is 4. The molecule has 28 heavy (non-hydrogen) atoms. The third-order valence-corrected chi connectivity index (χ3v) is 6.78. The highest BCUT2D eigenvalue weighted by atomic mass is 32.2. The zero-order valence-corrected chi connectivity index (χ0v) is 17.0. The summed E-state index contributed by atoms with van der Waals surface area (Å²) in [5.74, 6) is 2.63. The van der Waals surface area contributed by atoms with Crippen molar-refractivity contribution in [2.24, 2.45) is 11.8 Å². The molecule has 0 unspecified atom stereocenters. The second-order valence-corrected chi connectivity index (χ2v) is 8.55. The number of nitrogens with zero attached hydrogens (tertiary/aromatic N) is 4. The predicted octanol–water partition coefficient (Wildman–Crippen LogP) is 4.06. The van der Waals surface area contributed by atoms with Crippen LogP contribution in [0.1, 0.15) is 45.0 Å². The van der Waals surface area contributed by atoms with Crippen LogP contribution < -0.4 is 11.3 Å². The van der Waals surface area contributed by atoms with Gasteiger partial charge in [0, 0.05) is 12.2 Å². The number of thioether (sulfide) groups is 1. The molecule has 3 atom stereocenters. The van der Waals surface area contributed by atoms with Crippen molar-refractivity contribution in [2.45, 2.75) is 50.1 Å². The van der Waals surface area contributed by atoms with Crippen LogP contribution in [-0.4, -0.2) is 19.5 Å². The molecule has 1 saturated carbocycles. The van der Waals surface area contributed by atoms with Crippen LogP contribution in [0.4, 0.5) is 5.82 Å². The van der Waals surface area contributed by atoms with Gasteiger partial charge in [-0.25, -0.2) is 15.0 Å². The van der Waals surface area contributed by atoms with Gasteiger partial charge in [0.15, 0.2) is 5.16 Å². The Bertz CT molecular complexity index is 1050. The molecule has 0 bridgehead atoms. The molecule has 146 valence electrons. The highest BCUT2D eigenvalue weighted by Crippen LogP contribution is 2.39. The second kappa shape index (κ2) is 7.91. The summed E-state index contributed by atoms with van der Waals surface area (Å²) in [6, 6.07) is 9.42. The molecule has 2 aromatic heterocycles. The van der Waals surface area contributed by atoms with E-state index in [-0.39, 0.29) is 11.6 Å². The number of hydrogen-bond donors (Lipinski definition) is 1. The Balaban J connectivity index is 1.78. The van der Waals surface area contributed by atoms with Crippen LogP contribution in [0.25, 0.3) is 10.9 Å². The van der Waals surface area contributed by atoms with Crippen molar-refractivity contribution in [3.05, 3.63) is 52.7 Å². The minimum Gasteiger partial charge on any atom is -0.384 e. The van der Waals surface area contributed by atoms with Gasteiger partial charge < -0.3 is 5.73 Å². The number of hydrogen-bond acceptors (Lipinski definition) is 6. The van der Waals surface area contributed by atoms with Gasteiger partial charge in [-0.1, -0.05) is 50.6 Å². The van der Waals surface area contributed by atoms with Crippen molar-refractivity contribution >= 4 is 28.5 Å². The summed E-state index contributed by atoms with van der Waals surface area (Å²) in [5.41, 5.74) is 6.56. The van der Waals surface area contributed by atoms with E-state index >= 15 is 0 Å². The molecule has 2 N–H and O–H groups in total. The van der Waals surface area contributed by atoms with E-state index in [0.29, 0.717) is 34.6 Å². The number of nitrogens with two attached hydrogens (primary N) is 1. The first kappa shape index (κ1) is 18.9. The predicted molar refractivity (Wildman–Crippen MR) is 113 cm³/mol. The van der Waals surface area contributed by atoms with Crippen LogP contribution >= 0.6 is 11.8 Å². The molecule has 1 aromatic carbocycles. The van der Waals surface area contributed by atoms with Crippen LogP contribution in [0, 0.1) is 11.8 Å². The fourth-order valence-electron chi connectivity index (χ4n) is 4.05. The van der Waals surface area contributed by atoms with E-state index in [1.807, 2.05) is 28.8 Å². The van der Waals surface area contributed by atoms with Gasteiger partial charge >= 0.3 is 0 Å². The van der Waals surface area contributed by atoms with Gasteiger partial charge in [-0.3, -0.25) is 9.36 Å². The van der Waals surface area contributed by atoms with E-state index in [2.05, 4.69) is 23.8 Å². The maximum absolute atomic E-state index is 13.4. The minimum absolute atomic E-state index is 0.0487. The fourth-order valence-corrected chi connectivity index (χ4v) is 4.97. The summed E-state index contributed by atoms with van der Waals surface area (Å²) >= 11 is 1.51. The average Bonchev–Trinajstić information content (AvgIpc) is 2.69. The van der Waals surface area contributed by atoms with E-state index in [4.69, 9.17) is 10.7 Å². The van der Waals surface area contributed by atoms with E-state index in [1.165, 1.54) is 18.2 Å². The smallest absolute Gasteiger partial charge is 0.262 e. The van der Waals surface area contributed by atoms with E-state index in [0.717, 1.165) is 23.5 Å². The topological polar surface area (TPSA) is 86.7 Å². The van der Waals surface area contributed by atoms with E-state index in [9.17, 15) is 4.79 Å². The summed E-state index contributed by atoms with van der Waals surface area (Å²) in [6.07, 6.45) is 5.02. The molecule has 1 fully saturated rings. The lowest BCUT2D eigenvalue weighted by atomic mass is 9.78. The van der Waals surface area contributed by atoms with Gasteiger partial charge in [-0.15, -0.1) is 0 Å². The summed E-state index contributed by atoms with van der Waals surface area (Å²) < 4.78 is 1.93. The summed E-state index contributed by atoms with van der Waals surface area (Å²) in [4.78, 5) is 26.8. The summed E-state index contributed by atoms with van der Waals surface area (Å²) in [6.45, 7) is 4.54. The maximum atomic E-state index is 13.4. The normalized spacial score (nSPS) is 22.4. The Morgan fingerprint density at radius 2 is 2.00 bits per heavy atom. The first-order valence-corrected chi connectivity index (χ1v) is 10.7. The zero-order chi connectivity index (χ0) is 19.7. The first-order valence-electron chi connectivity index (χ1n) is 9.76. The van der Waals surface area contributed by atoms with Crippen molar-refractivity contribution in [1.29, 1.82) is 0 Å². The number of nitrogen functional groups attached to an aromatic ring is 1. The minimum atomic E-state index is 0.0487. The largest absolute Gasteiger partial charge is 0.384 e. The SMILES string of the molecule is C[C@H]1[C@H](C)CCC[C@H]1n1c(SCc2nccc(N)n2)nc2ccccc2c1=O. The summed E-state index contributed by atoms with van der Waals surface area (Å²) in [5, 5.41) is 1.41. The summed E-state index contributed by atoms with van der Waals surface area (Å²) in [7, 11) is 0. The van der Waals surface area contributed by atoms with Crippen molar-refractivity contribution in [3.63, 3.8) is 0 Å². The Labute approximate surface area is 168 Å². The average molecular weight is 396 g/mol. The highest BCUT2D eigenvalue weighted by Gasteiger charge is 2.31. The number of rotatable bonds is 4. The third kappa shape index (κ3) is 3.63. The molecule has 0 spiro atoms. The molecule has 3 aromatic rings. The molecule has 4 rings (SSSR count). The quantitative estimate of drug-likeness (QED) is 0.529. The first-order chi connectivity index (χ1) is 13.5. The van der Waals surface area contributed by atoms with Gasteiger partial charge in [0.05, 0.1) is 16.7 Å². The standard InChI is InChI=1S/C21H25N5OS/c1-13-6-5-9-17(14(13)2)26-20(27)15-7-3-4-8-16(15)24-21(26)28-12-19-23-11-10-18(22)25-19/h3-4,7-8,10-11,13-14,17H,5-6,9,12H2,1-2H3,(H2,22,23,25)/t13-,14+,17-/m1/s1. The van der Waals surface area contributed by atoms with Crippen molar-refractivity contribution < 1.29 is 0 Å². The molecule has 0 saturated heterocycles. The van der Waals surface area contributed by atoms with Crippen LogP contribution in [0.3, 0.4) is 0 Å². The van der Waals surface area contributed by atoms with Crippen molar-refractivity contribution in [1.82, 2.24) is 19.5 Å². The monoisotopic (exact) mass is 395 g/mol. The molecule has 0 aliphatic heterocycles. The van der Waals surface area contributed by atoms with Gasteiger partial charge in [0.25, 0.3) is 5.56 Å². The van der Waals surface area contributed by atoms with Crippen molar-refractivity contribution in [3.8, 4) is 0 Å². The Morgan fingerprint density at radius 3 is 2.82 bits per heavy atom. The maximum Gasteiger partial charge on any atom is 0.262 e. The molecule has 1 aliphatic rings. The fraction of sp³-hybridized carbons (Fsp3) is 0.429. The molecule has 1 aliphatic carbocycles. The van der Waals surface area contributed by atoms with Gasteiger partial charge in [-0.2, -0.15) is 0 Å². The van der Waals surface area contributed by atoms with E-state index < -0.39 is 0 Å². The van der Waals surface area contributed by atoms with Crippen LogP contribution in [0.15, 0.2) is 46.5 Å². The van der Waals surface area contributed by atoms with Gasteiger partial charge in [0.2, 0.25) is 0 Å². The Kier molecular flexibility index (Phi) is 5.35. The molecule has 0 amide bonds.